The zero-order chi connectivity index (χ0) is 16.2. The number of hydrogen-bond donors (Lipinski definition) is 2. The number of ether oxygens (including phenoxy) is 1. The molecule has 0 atom stereocenters. The van der Waals surface area contributed by atoms with Crippen LogP contribution in [-0.4, -0.2) is 24.8 Å². The van der Waals surface area contributed by atoms with Gasteiger partial charge in [-0.15, -0.1) is 0 Å². The van der Waals surface area contributed by atoms with Gasteiger partial charge in [0.15, 0.2) is 0 Å². The Morgan fingerprint density at radius 2 is 2.00 bits per heavy atom. The van der Waals surface area contributed by atoms with Gasteiger partial charge < -0.3 is 10.1 Å². The van der Waals surface area contributed by atoms with Gasteiger partial charge in [-0.05, 0) is 83.2 Å². The molecule has 0 aromatic heterocycles. The first kappa shape index (κ1) is 16.8. The van der Waals surface area contributed by atoms with Crippen LogP contribution in [0.1, 0.15) is 44.7 Å². The third-order valence-electron chi connectivity index (χ3n) is 3.92. The molecule has 0 saturated carbocycles. The minimum atomic E-state index is -0.481. The molecule has 0 unspecified atom stereocenters. The topological polar surface area (TPSA) is 50.4 Å². The summed E-state index contributed by atoms with van der Waals surface area (Å²) in [6.07, 6.45) is 3.13. The summed E-state index contributed by atoms with van der Waals surface area (Å²) in [5, 5.41) is 6.27. The van der Waals surface area contributed by atoms with E-state index < -0.39 is 11.7 Å². The van der Waals surface area contributed by atoms with Gasteiger partial charge >= 0.3 is 6.09 Å². The molecule has 2 N–H and O–H groups in total. The van der Waals surface area contributed by atoms with Crippen molar-refractivity contribution in [3.8, 4) is 0 Å². The number of hydrogen-bond acceptors (Lipinski definition) is 3. The highest BCUT2D eigenvalue weighted by Crippen LogP contribution is 2.23. The molecule has 1 heterocycles. The van der Waals surface area contributed by atoms with E-state index in [9.17, 15) is 4.79 Å². The SMILES string of the molecule is Cc1ccc(CC2CCNCC2)cc1NC(=O)OC(C)(C)C. The van der Waals surface area contributed by atoms with Crippen LogP contribution in [-0.2, 0) is 11.2 Å². The van der Waals surface area contributed by atoms with Crippen LogP contribution in [0.5, 0.6) is 0 Å². The highest BCUT2D eigenvalue weighted by molar-refractivity contribution is 5.86. The summed E-state index contributed by atoms with van der Waals surface area (Å²) in [5.41, 5.74) is 2.70. The minimum Gasteiger partial charge on any atom is -0.444 e. The van der Waals surface area contributed by atoms with Crippen LogP contribution in [0.3, 0.4) is 0 Å². The van der Waals surface area contributed by atoms with Crippen molar-refractivity contribution in [1.29, 1.82) is 0 Å². The van der Waals surface area contributed by atoms with Gasteiger partial charge in [0.1, 0.15) is 5.60 Å². The number of carbonyl (C=O) groups is 1. The summed E-state index contributed by atoms with van der Waals surface area (Å²) in [6, 6.07) is 6.32. The van der Waals surface area contributed by atoms with E-state index in [4.69, 9.17) is 4.74 Å². The number of anilines is 1. The number of rotatable bonds is 3. The fourth-order valence-electron chi connectivity index (χ4n) is 2.76. The zero-order valence-electron chi connectivity index (χ0n) is 14.2. The van der Waals surface area contributed by atoms with E-state index in [-0.39, 0.29) is 0 Å². The average Bonchev–Trinajstić information content (AvgIpc) is 2.41. The molecular weight excluding hydrogens is 276 g/mol. The van der Waals surface area contributed by atoms with E-state index >= 15 is 0 Å². The number of aryl methyl sites for hydroxylation is 1. The first-order valence-corrected chi connectivity index (χ1v) is 8.14. The highest BCUT2D eigenvalue weighted by atomic mass is 16.6. The van der Waals surface area contributed by atoms with Gasteiger partial charge in [0.05, 0.1) is 0 Å². The molecule has 0 aliphatic carbocycles. The molecule has 0 radical (unpaired) electrons. The summed E-state index contributed by atoms with van der Waals surface area (Å²) in [7, 11) is 0. The fraction of sp³-hybridized carbons (Fsp3) is 0.611. The van der Waals surface area contributed by atoms with Crippen LogP contribution in [0.4, 0.5) is 10.5 Å². The standard InChI is InChI=1S/C18H28N2O2/c1-13-5-6-15(11-14-7-9-19-10-8-14)12-16(13)20-17(21)22-18(2,3)4/h5-6,12,14,19H,7-11H2,1-4H3,(H,20,21). The normalized spacial score (nSPS) is 16.4. The molecule has 1 aromatic rings. The van der Waals surface area contributed by atoms with E-state index in [0.717, 1.165) is 36.7 Å². The first-order valence-electron chi connectivity index (χ1n) is 8.14. The second-order valence-electron chi connectivity index (χ2n) is 7.17. The van der Waals surface area contributed by atoms with Crippen molar-refractivity contribution in [3.05, 3.63) is 29.3 Å². The Bertz CT molecular complexity index is 514. The molecule has 1 aliphatic rings. The molecule has 1 amide bonds. The molecule has 0 bridgehead atoms. The van der Waals surface area contributed by atoms with Crippen LogP contribution in [0, 0.1) is 12.8 Å². The van der Waals surface area contributed by atoms with Gasteiger partial charge in [-0.1, -0.05) is 12.1 Å². The van der Waals surface area contributed by atoms with Gasteiger partial charge in [0.2, 0.25) is 0 Å². The number of piperidine rings is 1. The van der Waals surface area contributed by atoms with Crippen molar-refractivity contribution in [2.24, 2.45) is 5.92 Å². The Hall–Kier alpha value is -1.55. The van der Waals surface area contributed by atoms with Crippen LogP contribution >= 0.6 is 0 Å². The molecular formula is C18H28N2O2. The molecule has 1 aliphatic heterocycles. The lowest BCUT2D eigenvalue weighted by molar-refractivity contribution is 0.0636. The summed E-state index contributed by atoms with van der Waals surface area (Å²) in [4.78, 5) is 11.9. The molecule has 1 fully saturated rings. The average molecular weight is 304 g/mol. The number of carbonyl (C=O) groups excluding carboxylic acids is 1. The molecule has 22 heavy (non-hydrogen) atoms. The summed E-state index contributed by atoms with van der Waals surface area (Å²) in [5.74, 6) is 0.735. The predicted octanol–water partition coefficient (Wildman–Crippen LogP) is 3.88. The molecule has 2 rings (SSSR count). The quantitative estimate of drug-likeness (QED) is 0.891. The number of amides is 1. The maximum atomic E-state index is 11.9. The number of nitrogens with one attached hydrogen (secondary N) is 2. The van der Waals surface area contributed by atoms with Crippen LogP contribution in [0.25, 0.3) is 0 Å². The minimum absolute atomic E-state index is 0.394. The van der Waals surface area contributed by atoms with E-state index in [1.807, 2.05) is 27.7 Å². The molecule has 4 nitrogen and oxygen atoms in total. The van der Waals surface area contributed by atoms with Gasteiger partial charge in [-0.2, -0.15) is 0 Å². The maximum Gasteiger partial charge on any atom is 0.412 e. The largest absolute Gasteiger partial charge is 0.444 e. The molecule has 1 aromatic carbocycles. The third kappa shape index (κ3) is 5.34. The highest BCUT2D eigenvalue weighted by Gasteiger charge is 2.18. The summed E-state index contributed by atoms with van der Waals surface area (Å²) in [6.45, 7) is 9.83. The van der Waals surface area contributed by atoms with Gasteiger partial charge in [0.25, 0.3) is 0 Å². The third-order valence-corrected chi connectivity index (χ3v) is 3.92. The lowest BCUT2D eigenvalue weighted by atomic mass is 9.90. The Kier molecular flexibility index (Phi) is 5.46. The van der Waals surface area contributed by atoms with E-state index in [0.29, 0.717) is 0 Å². The van der Waals surface area contributed by atoms with E-state index in [1.54, 1.807) is 0 Å². The van der Waals surface area contributed by atoms with E-state index in [1.165, 1.54) is 18.4 Å². The summed E-state index contributed by atoms with van der Waals surface area (Å²) >= 11 is 0. The van der Waals surface area contributed by atoms with Crippen molar-refractivity contribution in [2.45, 2.75) is 52.6 Å². The lowest BCUT2D eigenvalue weighted by Gasteiger charge is -2.23. The van der Waals surface area contributed by atoms with Crippen LogP contribution < -0.4 is 10.6 Å². The molecule has 122 valence electrons. The van der Waals surface area contributed by atoms with Gasteiger partial charge in [-0.25, -0.2) is 4.79 Å². The van der Waals surface area contributed by atoms with Crippen LogP contribution in [0.2, 0.25) is 0 Å². The zero-order valence-corrected chi connectivity index (χ0v) is 14.2. The second kappa shape index (κ2) is 7.14. The van der Waals surface area contributed by atoms with Gasteiger partial charge in [0, 0.05) is 5.69 Å². The molecule has 4 heteroatoms. The molecule has 0 spiro atoms. The van der Waals surface area contributed by atoms with Crippen molar-refractivity contribution < 1.29 is 9.53 Å². The second-order valence-corrected chi connectivity index (χ2v) is 7.17. The monoisotopic (exact) mass is 304 g/mol. The van der Waals surface area contributed by atoms with Crippen molar-refractivity contribution in [1.82, 2.24) is 5.32 Å². The Morgan fingerprint density at radius 3 is 2.64 bits per heavy atom. The smallest absolute Gasteiger partial charge is 0.412 e. The Balaban J connectivity index is 2.01. The Labute approximate surface area is 133 Å². The predicted molar refractivity (Wildman–Crippen MR) is 90.3 cm³/mol. The molecule has 1 saturated heterocycles. The summed E-state index contributed by atoms with van der Waals surface area (Å²) < 4.78 is 5.33. The maximum absolute atomic E-state index is 11.9. The Morgan fingerprint density at radius 1 is 1.32 bits per heavy atom. The van der Waals surface area contributed by atoms with Crippen LogP contribution in [0.15, 0.2) is 18.2 Å². The van der Waals surface area contributed by atoms with Crippen molar-refractivity contribution in [2.75, 3.05) is 18.4 Å². The fourth-order valence-corrected chi connectivity index (χ4v) is 2.76. The first-order chi connectivity index (χ1) is 10.3. The van der Waals surface area contributed by atoms with Crippen molar-refractivity contribution in [3.63, 3.8) is 0 Å². The van der Waals surface area contributed by atoms with Crippen molar-refractivity contribution >= 4 is 11.8 Å². The number of benzene rings is 1. The lowest BCUT2D eigenvalue weighted by Crippen LogP contribution is -2.28. The van der Waals surface area contributed by atoms with E-state index in [2.05, 4.69) is 28.8 Å². The van der Waals surface area contributed by atoms with Gasteiger partial charge in [-0.3, -0.25) is 5.32 Å².